The van der Waals surface area contributed by atoms with E-state index >= 15 is 0 Å². The Balaban J connectivity index is 1.39. The Hall–Kier alpha value is -1.73. The SMILES string of the molecule is Cc1cc(CN2CCn3c(COCC4CCC4)nnc3CC2C)n(C)n1. The molecule has 0 amide bonds. The third-order valence-corrected chi connectivity index (χ3v) is 5.89. The molecule has 2 aromatic heterocycles. The minimum absolute atomic E-state index is 0.430. The maximum Gasteiger partial charge on any atom is 0.159 e. The number of hydrogen-bond acceptors (Lipinski definition) is 5. The molecule has 4 rings (SSSR count). The Morgan fingerprint density at radius 3 is 2.77 bits per heavy atom. The molecule has 3 heterocycles. The maximum absolute atomic E-state index is 5.91. The van der Waals surface area contributed by atoms with Crippen LogP contribution < -0.4 is 0 Å². The van der Waals surface area contributed by atoms with Crippen LogP contribution in [0.1, 0.15) is 49.2 Å². The Kier molecular flexibility index (Phi) is 5.09. The summed E-state index contributed by atoms with van der Waals surface area (Å²) < 4.78 is 10.2. The lowest BCUT2D eigenvalue weighted by molar-refractivity contribution is 0.0542. The zero-order valence-electron chi connectivity index (χ0n) is 16.2. The van der Waals surface area contributed by atoms with Crippen molar-refractivity contribution in [2.45, 2.75) is 65.3 Å². The van der Waals surface area contributed by atoms with Crippen molar-refractivity contribution >= 4 is 0 Å². The molecule has 0 bridgehead atoms. The number of rotatable bonds is 6. The standard InChI is InChI=1S/C19H30N6O/c1-14-9-17(23(3)22-14)11-24-7-8-25-18(10-15(24)2)20-21-19(25)13-26-12-16-5-4-6-16/h9,15-16H,4-8,10-13H2,1-3H3. The summed E-state index contributed by atoms with van der Waals surface area (Å²) in [6.07, 6.45) is 4.92. The minimum atomic E-state index is 0.430. The number of fused-ring (bicyclic) bond motifs is 1. The fourth-order valence-corrected chi connectivity index (χ4v) is 3.96. The van der Waals surface area contributed by atoms with E-state index in [0.29, 0.717) is 12.6 Å². The summed E-state index contributed by atoms with van der Waals surface area (Å²) in [4.78, 5) is 2.52. The van der Waals surface area contributed by atoms with E-state index in [1.54, 1.807) is 0 Å². The Morgan fingerprint density at radius 1 is 1.23 bits per heavy atom. The lowest BCUT2D eigenvalue weighted by atomic mass is 9.86. The number of hydrogen-bond donors (Lipinski definition) is 0. The van der Waals surface area contributed by atoms with Crippen LogP contribution in [0.3, 0.4) is 0 Å². The van der Waals surface area contributed by atoms with E-state index in [1.807, 2.05) is 18.7 Å². The van der Waals surface area contributed by atoms with E-state index in [2.05, 4.69) is 37.8 Å². The molecule has 1 aliphatic heterocycles. The van der Waals surface area contributed by atoms with Gasteiger partial charge < -0.3 is 9.30 Å². The molecule has 2 aromatic rings. The number of ether oxygens (including phenoxy) is 1. The van der Waals surface area contributed by atoms with E-state index in [0.717, 1.165) is 55.9 Å². The van der Waals surface area contributed by atoms with E-state index in [1.165, 1.54) is 25.0 Å². The highest BCUT2D eigenvalue weighted by molar-refractivity contribution is 5.09. The lowest BCUT2D eigenvalue weighted by Gasteiger charge is -2.26. The van der Waals surface area contributed by atoms with Crippen LogP contribution in [0, 0.1) is 12.8 Å². The molecular weight excluding hydrogens is 328 g/mol. The molecule has 0 radical (unpaired) electrons. The number of nitrogens with zero attached hydrogens (tertiary/aromatic N) is 6. The monoisotopic (exact) mass is 358 g/mol. The highest BCUT2D eigenvalue weighted by atomic mass is 16.5. The van der Waals surface area contributed by atoms with Crippen molar-refractivity contribution in [1.29, 1.82) is 0 Å². The predicted molar refractivity (Wildman–Crippen MR) is 98.5 cm³/mol. The zero-order chi connectivity index (χ0) is 18.1. The van der Waals surface area contributed by atoms with Crippen LogP contribution in [-0.4, -0.2) is 48.6 Å². The van der Waals surface area contributed by atoms with Crippen molar-refractivity contribution < 1.29 is 4.74 Å². The van der Waals surface area contributed by atoms with Gasteiger partial charge >= 0.3 is 0 Å². The second-order valence-corrected chi connectivity index (χ2v) is 7.92. The molecule has 142 valence electrons. The third-order valence-electron chi connectivity index (χ3n) is 5.89. The molecule has 1 atom stereocenters. The molecule has 0 aromatic carbocycles. The van der Waals surface area contributed by atoms with E-state index in [4.69, 9.17) is 4.74 Å². The molecule has 7 heteroatoms. The zero-order valence-corrected chi connectivity index (χ0v) is 16.2. The normalized spacial score (nSPS) is 21.4. The summed E-state index contributed by atoms with van der Waals surface area (Å²) in [6, 6.07) is 2.61. The fourth-order valence-electron chi connectivity index (χ4n) is 3.96. The van der Waals surface area contributed by atoms with Gasteiger partial charge in [-0.25, -0.2) is 0 Å². The van der Waals surface area contributed by atoms with Crippen molar-refractivity contribution in [2.75, 3.05) is 13.2 Å². The topological polar surface area (TPSA) is 61.0 Å². The van der Waals surface area contributed by atoms with Crippen LogP contribution in [0.15, 0.2) is 6.07 Å². The molecule has 1 saturated carbocycles. The van der Waals surface area contributed by atoms with Crippen molar-refractivity contribution in [3.05, 3.63) is 29.1 Å². The van der Waals surface area contributed by atoms with Gasteiger partial charge in [0.25, 0.3) is 0 Å². The first kappa shape index (κ1) is 17.7. The van der Waals surface area contributed by atoms with Crippen molar-refractivity contribution in [1.82, 2.24) is 29.4 Å². The van der Waals surface area contributed by atoms with Gasteiger partial charge in [-0.15, -0.1) is 10.2 Å². The van der Waals surface area contributed by atoms with Crippen LogP contribution in [0.5, 0.6) is 0 Å². The van der Waals surface area contributed by atoms with Crippen molar-refractivity contribution in [3.8, 4) is 0 Å². The van der Waals surface area contributed by atoms with Gasteiger partial charge in [0.15, 0.2) is 5.82 Å². The van der Waals surface area contributed by atoms with Gasteiger partial charge in [-0.2, -0.15) is 5.10 Å². The van der Waals surface area contributed by atoms with Crippen LogP contribution in [0.4, 0.5) is 0 Å². The van der Waals surface area contributed by atoms with Crippen LogP contribution in [0.2, 0.25) is 0 Å². The molecule has 0 N–H and O–H groups in total. The molecule has 26 heavy (non-hydrogen) atoms. The second-order valence-electron chi connectivity index (χ2n) is 7.92. The second kappa shape index (κ2) is 7.48. The number of aryl methyl sites for hydroxylation is 2. The quantitative estimate of drug-likeness (QED) is 0.791. The molecule has 1 aliphatic carbocycles. The summed E-state index contributed by atoms with van der Waals surface area (Å²) in [6.45, 7) is 8.61. The predicted octanol–water partition coefficient (Wildman–Crippen LogP) is 2.08. The van der Waals surface area contributed by atoms with E-state index in [-0.39, 0.29) is 0 Å². The Morgan fingerprint density at radius 2 is 2.08 bits per heavy atom. The number of aromatic nitrogens is 5. The first-order valence-corrected chi connectivity index (χ1v) is 9.82. The molecule has 0 saturated heterocycles. The van der Waals surface area contributed by atoms with Gasteiger partial charge in [-0.05, 0) is 38.7 Å². The average Bonchev–Trinajstić information content (AvgIpc) is 3.03. The molecule has 2 aliphatic rings. The van der Waals surface area contributed by atoms with Crippen molar-refractivity contribution in [3.63, 3.8) is 0 Å². The van der Waals surface area contributed by atoms with Crippen molar-refractivity contribution in [2.24, 2.45) is 13.0 Å². The maximum atomic E-state index is 5.91. The minimum Gasteiger partial charge on any atom is -0.373 e. The van der Waals surface area contributed by atoms with Gasteiger partial charge in [0.05, 0.1) is 11.4 Å². The lowest BCUT2D eigenvalue weighted by Crippen LogP contribution is -2.35. The molecule has 1 unspecified atom stereocenters. The fraction of sp³-hybridized carbons (Fsp3) is 0.737. The summed E-state index contributed by atoms with van der Waals surface area (Å²) in [7, 11) is 2.03. The largest absolute Gasteiger partial charge is 0.373 e. The summed E-state index contributed by atoms with van der Waals surface area (Å²) in [5, 5.41) is 13.3. The third kappa shape index (κ3) is 3.69. The summed E-state index contributed by atoms with van der Waals surface area (Å²) >= 11 is 0. The average molecular weight is 358 g/mol. The van der Waals surface area contributed by atoms with Gasteiger partial charge in [0.1, 0.15) is 12.4 Å². The van der Waals surface area contributed by atoms with E-state index in [9.17, 15) is 0 Å². The van der Waals surface area contributed by atoms with E-state index < -0.39 is 0 Å². The highest BCUT2D eigenvalue weighted by Gasteiger charge is 2.25. The van der Waals surface area contributed by atoms with Crippen LogP contribution in [0.25, 0.3) is 0 Å². The van der Waals surface area contributed by atoms with Gasteiger partial charge in [0.2, 0.25) is 0 Å². The molecular formula is C19H30N6O. The first-order valence-electron chi connectivity index (χ1n) is 9.82. The molecule has 7 nitrogen and oxygen atoms in total. The molecule has 1 fully saturated rings. The summed E-state index contributed by atoms with van der Waals surface area (Å²) in [5.74, 6) is 2.83. The Bertz CT molecular complexity index is 747. The summed E-state index contributed by atoms with van der Waals surface area (Å²) in [5.41, 5.74) is 2.34. The van der Waals surface area contributed by atoms with Gasteiger partial charge in [-0.3, -0.25) is 9.58 Å². The highest BCUT2D eigenvalue weighted by Crippen LogP contribution is 2.26. The van der Waals surface area contributed by atoms with Gasteiger partial charge in [-0.1, -0.05) is 6.42 Å². The van der Waals surface area contributed by atoms with Crippen LogP contribution >= 0.6 is 0 Å². The Labute approximate surface area is 155 Å². The molecule has 0 spiro atoms. The van der Waals surface area contributed by atoms with Gasteiger partial charge in [0, 0.05) is 45.8 Å². The van der Waals surface area contributed by atoms with Crippen LogP contribution in [-0.2, 0) is 37.9 Å². The smallest absolute Gasteiger partial charge is 0.159 e. The first-order chi connectivity index (χ1) is 12.6.